The molecular weight excluding hydrogens is 677 g/mol. The second-order valence-corrected chi connectivity index (χ2v) is 14.9. The minimum absolute atomic E-state index is 0.274. The summed E-state index contributed by atoms with van der Waals surface area (Å²) in [5, 5.41) is 3.90. The molecule has 8 aromatic carbocycles. The molecule has 0 saturated carbocycles. The summed E-state index contributed by atoms with van der Waals surface area (Å²) in [6, 6.07) is 72.9. The zero-order valence-electron chi connectivity index (χ0n) is 30.9. The number of hydrogen-bond acceptors (Lipinski definition) is 0. The fourth-order valence-electron chi connectivity index (χ4n) is 8.96. The summed E-state index contributed by atoms with van der Waals surface area (Å²) < 4.78 is 4.87. The van der Waals surface area contributed by atoms with E-state index in [1.165, 1.54) is 94.3 Å². The van der Waals surface area contributed by atoms with Gasteiger partial charge in [0.05, 0.1) is 16.6 Å². The van der Waals surface area contributed by atoms with Crippen molar-refractivity contribution in [1.82, 2.24) is 9.13 Å². The van der Waals surface area contributed by atoms with Gasteiger partial charge in [0.2, 0.25) is 0 Å². The van der Waals surface area contributed by atoms with E-state index in [2.05, 4.69) is 221 Å². The number of para-hydroxylation sites is 2. The van der Waals surface area contributed by atoms with Gasteiger partial charge in [0.25, 0.3) is 0 Å². The highest BCUT2D eigenvalue weighted by Gasteiger charge is 2.24. The molecule has 0 amide bonds. The molecule has 0 spiro atoms. The first-order valence-corrected chi connectivity index (χ1v) is 19.5. The highest BCUT2D eigenvalue weighted by Crippen LogP contribution is 2.41. The topological polar surface area (TPSA) is 9.86 Å². The summed E-state index contributed by atoms with van der Waals surface area (Å²) in [6.07, 6.45) is 5.74. The van der Waals surface area contributed by atoms with Crippen LogP contribution >= 0.6 is 0 Å². The van der Waals surface area contributed by atoms with Gasteiger partial charge in [-0.3, -0.25) is 0 Å². The van der Waals surface area contributed by atoms with E-state index in [4.69, 9.17) is 0 Å². The van der Waals surface area contributed by atoms with Crippen LogP contribution in [0.4, 0.5) is 0 Å². The first-order chi connectivity index (χ1) is 27.8. The van der Waals surface area contributed by atoms with Gasteiger partial charge in [0.15, 0.2) is 0 Å². The Morgan fingerprint density at radius 3 is 1.59 bits per heavy atom. The number of fused-ring (bicyclic) bond motifs is 6. The first kappa shape index (κ1) is 32.3. The summed E-state index contributed by atoms with van der Waals surface area (Å²) in [4.78, 5) is 0. The number of rotatable bonds is 6. The molecule has 2 nitrogen and oxygen atoms in total. The van der Waals surface area contributed by atoms with Crippen LogP contribution in [0.5, 0.6) is 0 Å². The molecule has 0 N–H and O–H groups in total. The summed E-state index contributed by atoms with van der Waals surface area (Å²) >= 11 is 0. The molecule has 11 rings (SSSR count). The molecule has 2 aromatic heterocycles. The minimum atomic E-state index is 0.274. The van der Waals surface area contributed by atoms with E-state index in [1.807, 2.05) is 0 Å². The Labute approximate surface area is 326 Å². The van der Waals surface area contributed by atoms with Gasteiger partial charge in [-0.05, 0) is 106 Å². The fourth-order valence-corrected chi connectivity index (χ4v) is 8.96. The Hall–Kier alpha value is -7.16. The smallest absolute Gasteiger partial charge is 0.0541 e. The number of allylic oxidation sites excluding steroid dienone is 1. The molecule has 10 aromatic rings. The Kier molecular flexibility index (Phi) is 7.67. The highest BCUT2D eigenvalue weighted by atomic mass is 15.0. The van der Waals surface area contributed by atoms with Crippen LogP contribution in [-0.2, 0) is 6.42 Å². The van der Waals surface area contributed by atoms with Crippen LogP contribution in [0, 0.1) is 0 Å². The molecule has 56 heavy (non-hydrogen) atoms. The van der Waals surface area contributed by atoms with Crippen molar-refractivity contribution in [3.05, 3.63) is 223 Å². The summed E-state index contributed by atoms with van der Waals surface area (Å²) in [5.41, 5.74) is 17.5. The lowest BCUT2D eigenvalue weighted by molar-refractivity contribution is 0.826. The fraction of sp³-hybridized carbons (Fsp3) is 0.0370. The van der Waals surface area contributed by atoms with Gasteiger partial charge in [-0.2, -0.15) is 0 Å². The van der Waals surface area contributed by atoms with Gasteiger partial charge in [-0.1, -0.05) is 158 Å². The third-order valence-corrected chi connectivity index (χ3v) is 11.7. The van der Waals surface area contributed by atoms with E-state index in [9.17, 15) is 0 Å². The van der Waals surface area contributed by atoms with Crippen LogP contribution in [0.2, 0.25) is 0 Å². The van der Waals surface area contributed by atoms with Crippen LogP contribution in [0.3, 0.4) is 0 Å². The molecule has 0 aliphatic heterocycles. The predicted octanol–water partition coefficient (Wildman–Crippen LogP) is 14.1. The lowest BCUT2D eigenvalue weighted by Crippen LogP contribution is -2.07. The van der Waals surface area contributed by atoms with Gasteiger partial charge in [-0.15, -0.1) is 0 Å². The highest BCUT2D eigenvalue weighted by molar-refractivity contribution is 6.09. The van der Waals surface area contributed by atoms with Crippen LogP contribution in [-0.4, -0.2) is 9.13 Å². The molecule has 0 bridgehead atoms. The average Bonchev–Trinajstić information content (AvgIpc) is 3.79. The molecule has 0 saturated heterocycles. The average molecular weight is 715 g/mol. The molecule has 1 aliphatic rings. The second-order valence-electron chi connectivity index (χ2n) is 14.9. The maximum atomic E-state index is 2.44. The summed E-state index contributed by atoms with van der Waals surface area (Å²) in [5.74, 6) is 0.274. The van der Waals surface area contributed by atoms with E-state index < -0.39 is 0 Å². The van der Waals surface area contributed by atoms with Crippen molar-refractivity contribution in [2.24, 2.45) is 0 Å². The summed E-state index contributed by atoms with van der Waals surface area (Å²) in [6.45, 7) is 0. The van der Waals surface area contributed by atoms with E-state index in [1.54, 1.807) is 0 Å². The lowest BCUT2D eigenvalue weighted by Gasteiger charge is -2.20. The zero-order chi connectivity index (χ0) is 37.0. The van der Waals surface area contributed by atoms with Gasteiger partial charge in [-0.25, -0.2) is 0 Å². The molecule has 0 fully saturated rings. The van der Waals surface area contributed by atoms with Crippen LogP contribution < -0.4 is 0 Å². The van der Waals surface area contributed by atoms with Gasteiger partial charge < -0.3 is 9.13 Å². The molecule has 2 heteroatoms. The third kappa shape index (κ3) is 5.41. The third-order valence-electron chi connectivity index (χ3n) is 11.7. The van der Waals surface area contributed by atoms with Crippen molar-refractivity contribution in [3.63, 3.8) is 0 Å². The number of aromatic nitrogens is 2. The molecule has 264 valence electrons. The number of hydrogen-bond donors (Lipinski definition) is 0. The van der Waals surface area contributed by atoms with Crippen LogP contribution in [0.1, 0.15) is 22.7 Å². The Bertz CT molecular complexity index is 3070. The number of benzene rings is 8. The Morgan fingerprint density at radius 2 is 0.893 bits per heavy atom. The second kappa shape index (κ2) is 13.3. The number of nitrogens with zero attached hydrogens (tertiary/aromatic N) is 2. The standard InChI is InChI=1S/C54H38N2/c1-3-12-37(13-4-1)39-22-24-40(25-23-39)41-26-30-45(31-27-41)55-51-20-9-7-18-47(51)49-35-43(28-32-53(49)55)44-29-33-54-50(36-44)48-19-8-10-21-52(48)56(54)46-17-11-16-42(34-46)38-14-5-2-6-15-38/h1-34,36,43H,35H2. The van der Waals surface area contributed by atoms with Crippen LogP contribution in [0.25, 0.3) is 83.5 Å². The van der Waals surface area contributed by atoms with Crippen molar-refractivity contribution in [1.29, 1.82) is 0 Å². The minimum Gasteiger partial charge on any atom is -0.310 e. The predicted molar refractivity (Wildman–Crippen MR) is 236 cm³/mol. The Morgan fingerprint density at radius 1 is 0.357 bits per heavy atom. The Balaban J connectivity index is 0.939. The molecule has 0 radical (unpaired) electrons. The SMILES string of the molecule is C1=CC(c2ccc3c(c2)c2ccccc2n3-c2cccc(-c3ccccc3)c2)Cc2c1n(-c1ccc(-c3ccc(-c4ccccc4)cc3)cc1)c1ccccc21. The normalized spacial score (nSPS) is 13.8. The molecule has 1 atom stereocenters. The first-order valence-electron chi connectivity index (χ1n) is 19.5. The zero-order valence-corrected chi connectivity index (χ0v) is 30.9. The van der Waals surface area contributed by atoms with Crippen molar-refractivity contribution in [2.75, 3.05) is 0 Å². The molecule has 2 heterocycles. The quantitative estimate of drug-likeness (QED) is 0.162. The lowest BCUT2D eigenvalue weighted by atomic mass is 9.86. The molecule has 1 aliphatic carbocycles. The van der Waals surface area contributed by atoms with Crippen molar-refractivity contribution >= 4 is 38.8 Å². The molecule has 1 unspecified atom stereocenters. The van der Waals surface area contributed by atoms with E-state index in [-0.39, 0.29) is 5.92 Å². The largest absolute Gasteiger partial charge is 0.310 e. The van der Waals surface area contributed by atoms with Crippen molar-refractivity contribution < 1.29 is 0 Å². The summed E-state index contributed by atoms with van der Waals surface area (Å²) in [7, 11) is 0. The van der Waals surface area contributed by atoms with Crippen molar-refractivity contribution in [3.8, 4) is 44.8 Å². The van der Waals surface area contributed by atoms with E-state index in [0.717, 1.165) is 6.42 Å². The van der Waals surface area contributed by atoms with Gasteiger partial charge in [0, 0.05) is 39.1 Å². The van der Waals surface area contributed by atoms with E-state index >= 15 is 0 Å². The maximum Gasteiger partial charge on any atom is 0.0541 e. The van der Waals surface area contributed by atoms with Gasteiger partial charge >= 0.3 is 0 Å². The maximum absolute atomic E-state index is 2.44. The van der Waals surface area contributed by atoms with Gasteiger partial charge in [0.1, 0.15) is 0 Å². The molecular formula is C54H38N2. The van der Waals surface area contributed by atoms with Crippen molar-refractivity contribution in [2.45, 2.75) is 12.3 Å². The van der Waals surface area contributed by atoms with E-state index in [0.29, 0.717) is 0 Å². The monoisotopic (exact) mass is 714 g/mol. The van der Waals surface area contributed by atoms with Crippen LogP contribution in [0.15, 0.2) is 206 Å².